The van der Waals surface area contributed by atoms with Gasteiger partial charge in [0.15, 0.2) is 11.5 Å². The standard InChI is InChI=1S/C22H28N4O4/c1-26(2)10-9-23-21(27)17-6-3-5-16(13-17)15-24-22(28)25-18-7-8-19-20(14-18)30-12-4-11-29-19/h3,5-8,13-14H,4,9-12,15H2,1-2H3,(H,23,27)(H2,24,25,28). The van der Waals surface area contributed by atoms with Crippen molar-refractivity contribution in [1.29, 1.82) is 0 Å². The number of anilines is 1. The molecule has 1 aliphatic heterocycles. The van der Waals surface area contributed by atoms with Gasteiger partial charge in [0, 0.05) is 43.4 Å². The highest BCUT2D eigenvalue weighted by molar-refractivity contribution is 5.94. The van der Waals surface area contributed by atoms with E-state index in [4.69, 9.17) is 9.47 Å². The zero-order valence-corrected chi connectivity index (χ0v) is 17.4. The first-order valence-corrected chi connectivity index (χ1v) is 9.97. The number of carbonyl (C=O) groups is 2. The fourth-order valence-electron chi connectivity index (χ4n) is 2.92. The van der Waals surface area contributed by atoms with E-state index in [1.165, 1.54) is 0 Å². The Kier molecular flexibility index (Phi) is 7.51. The van der Waals surface area contributed by atoms with Gasteiger partial charge in [-0.2, -0.15) is 0 Å². The molecule has 0 saturated heterocycles. The summed E-state index contributed by atoms with van der Waals surface area (Å²) in [6.07, 6.45) is 0.824. The fraction of sp³-hybridized carbons (Fsp3) is 0.364. The van der Waals surface area contributed by atoms with Gasteiger partial charge >= 0.3 is 6.03 Å². The predicted molar refractivity (Wildman–Crippen MR) is 115 cm³/mol. The van der Waals surface area contributed by atoms with Crippen molar-refractivity contribution < 1.29 is 19.1 Å². The number of benzene rings is 2. The maximum atomic E-state index is 12.3. The van der Waals surface area contributed by atoms with E-state index in [2.05, 4.69) is 16.0 Å². The maximum Gasteiger partial charge on any atom is 0.319 e. The van der Waals surface area contributed by atoms with Crippen molar-refractivity contribution >= 4 is 17.6 Å². The second-order valence-electron chi connectivity index (χ2n) is 7.28. The highest BCUT2D eigenvalue weighted by Gasteiger charge is 2.12. The Bertz CT molecular complexity index is 885. The molecular weight excluding hydrogens is 384 g/mol. The number of likely N-dealkylation sites (N-methyl/N-ethyl adjacent to an activating group) is 1. The minimum Gasteiger partial charge on any atom is -0.490 e. The summed E-state index contributed by atoms with van der Waals surface area (Å²) in [6.45, 7) is 2.85. The molecule has 2 aromatic rings. The van der Waals surface area contributed by atoms with Crippen molar-refractivity contribution in [2.24, 2.45) is 0 Å². The van der Waals surface area contributed by atoms with Crippen molar-refractivity contribution in [3.05, 3.63) is 53.6 Å². The summed E-state index contributed by atoms with van der Waals surface area (Å²) < 4.78 is 11.2. The van der Waals surface area contributed by atoms with Gasteiger partial charge in [0.05, 0.1) is 13.2 Å². The summed E-state index contributed by atoms with van der Waals surface area (Å²) in [7, 11) is 3.91. The molecule has 0 aromatic heterocycles. The lowest BCUT2D eigenvalue weighted by Gasteiger charge is -2.12. The summed E-state index contributed by atoms with van der Waals surface area (Å²) in [6, 6.07) is 12.2. The van der Waals surface area contributed by atoms with Gasteiger partial charge in [0.1, 0.15) is 0 Å². The number of hydrogen-bond donors (Lipinski definition) is 3. The number of ether oxygens (including phenoxy) is 2. The number of urea groups is 1. The molecule has 1 heterocycles. The molecule has 0 saturated carbocycles. The molecule has 3 amide bonds. The van der Waals surface area contributed by atoms with E-state index >= 15 is 0 Å². The van der Waals surface area contributed by atoms with Crippen LogP contribution in [0.4, 0.5) is 10.5 Å². The molecule has 2 aromatic carbocycles. The Morgan fingerprint density at radius 1 is 1.00 bits per heavy atom. The molecule has 8 nitrogen and oxygen atoms in total. The van der Waals surface area contributed by atoms with Crippen molar-refractivity contribution in [1.82, 2.24) is 15.5 Å². The van der Waals surface area contributed by atoms with Crippen LogP contribution >= 0.6 is 0 Å². The van der Waals surface area contributed by atoms with Gasteiger partial charge in [-0.25, -0.2) is 4.79 Å². The fourth-order valence-corrected chi connectivity index (χ4v) is 2.92. The molecular formula is C22H28N4O4. The Morgan fingerprint density at radius 3 is 2.60 bits per heavy atom. The maximum absolute atomic E-state index is 12.3. The first kappa shape index (κ1) is 21.4. The Morgan fingerprint density at radius 2 is 1.80 bits per heavy atom. The molecule has 3 N–H and O–H groups in total. The summed E-state index contributed by atoms with van der Waals surface area (Å²) in [5, 5.41) is 8.47. The third-order valence-electron chi connectivity index (χ3n) is 4.49. The van der Waals surface area contributed by atoms with Crippen LogP contribution in [0, 0.1) is 0 Å². The molecule has 0 aliphatic carbocycles. The van der Waals surface area contributed by atoms with Crippen LogP contribution in [0.3, 0.4) is 0 Å². The van der Waals surface area contributed by atoms with E-state index < -0.39 is 0 Å². The molecule has 0 spiro atoms. The van der Waals surface area contributed by atoms with Gasteiger partial charge in [0.25, 0.3) is 5.91 Å². The van der Waals surface area contributed by atoms with Gasteiger partial charge in [-0.1, -0.05) is 12.1 Å². The molecule has 30 heavy (non-hydrogen) atoms. The smallest absolute Gasteiger partial charge is 0.319 e. The van der Waals surface area contributed by atoms with Gasteiger partial charge in [-0.15, -0.1) is 0 Å². The highest BCUT2D eigenvalue weighted by atomic mass is 16.5. The van der Waals surface area contributed by atoms with Crippen molar-refractivity contribution in [3.63, 3.8) is 0 Å². The van der Waals surface area contributed by atoms with Crippen LogP contribution in [0.25, 0.3) is 0 Å². The molecule has 160 valence electrons. The quantitative estimate of drug-likeness (QED) is 0.650. The molecule has 0 bridgehead atoms. The number of rotatable bonds is 7. The largest absolute Gasteiger partial charge is 0.490 e. The van der Waals surface area contributed by atoms with Crippen molar-refractivity contribution in [3.8, 4) is 11.5 Å². The summed E-state index contributed by atoms with van der Waals surface area (Å²) in [5.74, 6) is 1.17. The number of carbonyl (C=O) groups excluding carboxylic acids is 2. The topological polar surface area (TPSA) is 91.9 Å². The zero-order valence-electron chi connectivity index (χ0n) is 17.4. The highest BCUT2D eigenvalue weighted by Crippen LogP contribution is 2.32. The molecule has 8 heteroatoms. The lowest BCUT2D eigenvalue weighted by molar-refractivity contribution is 0.0951. The predicted octanol–water partition coefficient (Wildman–Crippen LogP) is 2.46. The molecule has 3 rings (SSSR count). The van der Waals surface area contributed by atoms with Crippen molar-refractivity contribution in [2.75, 3.05) is 45.7 Å². The number of fused-ring (bicyclic) bond motifs is 1. The first-order chi connectivity index (χ1) is 14.5. The Hall–Kier alpha value is -3.26. The number of nitrogens with zero attached hydrogens (tertiary/aromatic N) is 1. The van der Waals surface area contributed by atoms with E-state index in [9.17, 15) is 9.59 Å². The molecule has 1 aliphatic rings. The molecule has 0 atom stereocenters. The van der Waals surface area contributed by atoms with Gasteiger partial charge in [-0.05, 0) is 43.9 Å². The van der Waals surface area contributed by atoms with Gasteiger partial charge in [0.2, 0.25) is 0 Å². The molecule has 0 unspecified atom stereocenters. The monoisotopic (exact) mass is 412 g/mol. The summed E-state index contributed by atoms with van der Waals surface area (Å²) in [4.78, 5) is 26.5. The van der Waals surface area contributed by atoms with Crippen LogP contribution in [-0.4, -0.2) is 57.2 Å². The van der Waals surface area contributed by atoms with E-state index in [-0.39, 0.29) is 11.9 Å². The van der Waals surface area contributed by atoms with Gasteiger partial charge < -0.3 is 30.3 Å². The lowest BCUT2D eigenvalue weighted by Crippen LogP contribution is -2.31. The van der Waals surface area contributed by atoms with E-state index in [1.54, 1.807) is 36.4 Å². The third-order valence-corrected chi connectivity index (χ3v) is 4.49. The Labute approximate surface area is 176 Å². The molecule has 0 radical (unpaired) electrons. The molecule has 0 fully saturated rings. The van der Waals surface area contributed by atoms with Crippen LogP contribution in [0.2, 0.25) is 0 Å². The SMILES string of the molecule is CN(C)CCNC(=O)c1cccc(CNC(=O)Nc2ccc3c(c2)OCCCO3)c1. The van der Waals surface area contributed by atoms with Crippen LogP contribution in [0.1, 0.15) is 22.3 Å². The lowest BCUT2D eigenvalue weighted by atomic mass is 10.1. The van der Waals surface area contributed by atoms with Crippen LogP contribution in [-0.2, 0) is 6.54 Å². The number of amides is 3. The van der Waals surface area contributed by atoms with Crippen LogP contribution < -0.4 is 25.4 Å². The second kappa shape index (κ2) is 10.5. The van der Waals surface area contributed by atoms with E-state index in [1.807, 2.05) is 25.1 Å². The first-order valence-electron chi connectivity index (χ1n) is 9.97. The Balaban J connectivity index is 1.51. The summed E-state index contributed by atoms with van der Waals surface area (Å²) >= 11 is 0. The average molecular weight is 412 g/mol. The number of hydrogen-bond acceptors (Lipinski definition) is 5. The van der Waals surface area contributed by atoms with Crippen molar-refractivity contribution in [2.45, 2.75) is 13.0 Å². The number of nitrogens with one attached hydrogen (secondary N) is 3. The normalized spacial score (nSPS) is 12.8. The van der Waals surface area contributed by atoms with Gasteiger partial charge in [-0.3, -0.25) is 4.79 Å². The zero-order chi connectivity index (χ0) is 21.3. The average Bonchev–Trinajstić information content (AvgIpc) is 2.97. The minimum atomic E-state index is -0.342. The second-order valence-corrected chi connectivity index (χ2v) is 7.28. The summed E-state index contributed by atoms with van der Waals surface area (Å²) in [5.41, 5.74) is 2.02. The van der Waals surface area contributed by atoms with Crippen LogP contribution in [0.5, 0.6) is 11.5 Å². The third kappa shape index (κ3) is 6.38. The minimum absolute atomic E-state index is 0.129. The van der Waals surface area contributed by atoms with Crippen LogP contribution in [0.15, 0.2) is 42.5 Å². The van der Waals surface area contributed by atoms with E-state index in [0.29, 0.717) is 49.1 Å². The van der Waals surface area contributed by atoms with E-state index in [0.717, 1.165) is 18.5 Å².